The highest BCUT2D eigenvalue weighted by Gasteiger charge is 2.15. The SMILES string of the molecule is OC(c1ccc(Cl)c(Cl)c1)c1ccc(Br)o1. The molecule has 1 unspecified atom stereocenters. The Labute approximate surface area is 111 Å². The van der Waals surface area contributed by atoms with E-state index < -0.39 is 6.10 Å². The Kier molecular flexibility index (Phi) is 3.60. The summed E-state index contributed by atoms with van der Waals surface area (Å²) in [6, 6.07) is 8.37. The molecule has 0 aliphatic rings. The van der Waals surface area contributed by atoms with Crippen LogP contribution in [0.3, 0.4) is 0 Å². The summed E-state index contributed by atoms with van der Waals surface area (Å²) in [6.07, 6.45) is -0.846. The second kappa shape index (κ2) is 4.80. The van der Waals surface area contributed by atoms with Gasteiger partial charge in [-0.2, -0.15) is 0 Å². The van der Waals surface area contributed by atoms with E-state index in [-0.39, 0.29) is 0 Å². The van der Waals surface area contributed by atoms with Crippen molar-refractivity contribution in [3.05, 3.63) is 56.4 Å². The summed E-state index contributed by atoms with van der Waals surface area (Å²) in [5.41, 5.74) is 0.635. The number of hydrogen-bond acceptors (Lipinski definition) is 2. The number of rotatable bonds is 2. The van der Waals surface area contributed by atoms with Gasteiger partial charge in [-0.3, -0.25) is 0 Å². The van der Waals surface area contributed by atoms with Crippen molar-refractivity contribution >= 4 is 39.1 Å². The number of benzene rings is 1. The third-order valence-corrected chi connectivity index (χ3v) is 3.29. The zero-order chi connectivity index (χ0) is 11.7. The van der Waals surface area contributed by atoms with Gasteiger partial charge in [0, 0.05) is 0 Å². The van der Waals surface area contributed by atoms with E-state index in [1.165, 1.54) is 0 Å². The van der Waals surface area contributed by atoms with Crippen molar-refractivity contribution in [2.45, 2.75) is 6.10 Å². The number of hydrogen-bond donors (Lipinski definition) is 1. The quantitative estimate of drug-likeness (QED) is 0.887. The van der Waals surface area contributed by atoms with Gasteiger partial charge in [-0.25, -0.2) is 0 Å². The Morgan fingerprint density at radius 2 is 1.88 bits per heavy atom. The molecule has 0 bridgehead atoms. The number of aliphatic hydroxyl groups is 1. The van der Waals surface area contributed by atoms with Crippen LogP contribution in [0.15, 0.2) is 39.4 Å². The van der Waals surface area contributed by atoms with Crippen LogP contribution in [0.4, 0.5) is 0 Å². The fourth-order valence-electron chi connectivity index (χ4n) is 1.32. The van der Waals surface area contributed by atoms with E-state index in [1.807, 2.05) is 0 Å². The maximum absolute atomic E-state index is 10.0. The van der Waals surface area contributed by atoms with Crippen LogP contribution in [0.1, 0.15) is 17.4 Å². The molecule has 2 nitrogen and oxygen atoms in total. The average molecular weight is 322 g/mol. The van der Waals surface area contributed by atoms with E-state index in [9.17, 15) is 5.11 Å². The minimum Gasteiger partial charge on any atom is -0.451 e. The van der Waals surface area contributed by atoms with Crippen LogP contribution < -0.4 is 0 Å². The molecular weight excluding hydrogens is 315 g/mol. The molecule has 2 aromatic rings. The molecule has 0 aliphatic carbocycles. The number of aliphatic hydroxyl groups excluding tert-OH is 1. The summed E-state index contributed by atoms with van der Waals surface area (Å²) >= 11 is 14.8. The van der Waals surface area contributed by atoms with Gasteiger partial charge in [0.2, 0.25) is 0 Å². The molecular formula is C11H7BrCl2O2. The number of furan rings is 1. The Bertz CT molecular complexity index is 510. The highest BCUT2D eigenvalue weighted by Crippen LogP contribution is 2.30. The molecule has 1 atom stereocenters. The smallest absolute Gasteiger partial charge is 0.169 e. The first-order valence-corrected chi connectivity index (χ1v) is 6.01. The Morgan fingerprint density at radius 1 is 1.12 bits per heavy atom. The van der Waals surface area contributed by atoms with Gasteiger partial charge in [-0.05, 0) is 45.8 Å². The molecule has 1 aromatic carbocycles. The largest absolute Gasteiger partial charge is 0.451 e. The summed E-state index contributed by atoms with van der Waals surface area (Å²) in [5, 5.41) is 10.9. The lowest BCUT2D eigenvalue weighted by Gasteiger charge is -2.08. The lowest BCUT2D eigenvalue weighted by Crippen LogP contribution is -1.97. The highest BCUT2D eigenvalue weighted by atomic mass is 79.9. The molecule has 1 aromatic heterocycles. The van der Waals surface area contributed by atoms with E-state index >= 15 is 0 Å². The molecule has 0 fully saturated rings. The first-order valence-electron chi connectivity index (χ1n) is 4.46. The maximum atomic E-state index is 10.0. The predicted octanol–water partition coefficient (Wildman–Crippen LogP) is 4.43. The van der Waals surface area contributed by atoms with Gasteiger partial charge in [0.15, 0.2) is 4.67 Å². The topological polar surface area (TPSA) is 33.4 Å². The summed E-state index contributed by atoms with van der Waals surface area (Å²) in [4.78, 5) is 0. The second-order valence-electron chi connectivity index (χ2n) is 3.22. The van der Waals surface area contributed by atoms with Gasteiger partial charge < -0.3 is 9.52 Å². The summed E-state index contributed by atoms with van der Waals surface area (Å²) in [7, 11) is 0. The Morgan fingerprint density at radius 3 is 2.44 bits per heavy atom. The fraction of sp³-hybridized carbons (Fsp3) is 0.0909. The first-order chi connectivity index (χ1) is 7.58. The third-order valence-electron chi connectivity index (χ3n) is 2.12. The van der Waals surface area contributed by atoms with Gasteiger partial charge in [0.25, 0.3) is 0 Å². The zero-order valence-electron chi connectivity index (χ0n) is 7.95. The van der Waals surface area contributed by atoms with Crippen LogP contribution in [0.2, 0.25) is 10.0 Å². The van der Waals surface area contributed by atoms with Gasteiger partial charge in [0.1, 0.15) is 11.9 Å². The minimum absolute atomic E-state index is 0.406. The molecule has 1 N–H and O–H groups in total. The van der Waals surface area contributed by atoms with Crippen molar-refractivity contribution in [3.63, 3.8) is 0 Å². The normalized spacial score (nSPS) is 12.8. The minimum atomic E-state index is -0.846. The van der Waals surface area contributed by atoms with Crippen LogP contribution in [0, 0.1) is 0 Å². The number of halogens is 3. The van der Waals surface area contributed by atoms with Gasteiger partial charge in [-0.1, -0.05) is 29.3 Å². The Balaban J connectivity index is 2.33. The maximum Gasteiger partial charge on any atom is 0.169 e. The molecule has 0 radical (unpaired) electrons. The summed E-state index contributed by atoms with van der Waals surface area (Å²) in [5.74, 6) is 0.449. The van der Waals surface area contributed by atoms with Gasteiger partial charge >= 0.3 is 0 Å². The van der Waals surface area contributed by atoms with E-state index in [2.05, 4.69) is 15.9 Å². The van der Waals surface area contributed by atoms with E-state index in [0.717, 1.165) is 0 Å². The molecule has 84 valence electrons. The molecule has 16 heavy (non-hydrogen) atoms. The van der Waals surface area contributed by atoms with Crippen LogP contribution in [-0.4, -0.2) is 5.11 Å². The first kappa shape index (κ1) is 12.0. The van der Waals surface area contributed by atoms with Crippen LogP contribution in [0.5, 0.6) is 0 Å². The molecule has 2 rings (SSSR count). The standard InChI is InChI=1S/C11H7BrCl2O2/c12-10-4-3-9(16-10)11(15)6-1-2-7(13)8(14)5-6/h1-5,11,15H. The second-order valence-corrected chi connectivity index (χ2v) is 4.81. The lowest BCUT2D eigenvalue weighted by atomic mass is 10.1. The molecule has 1 heterocycles. The van der Waals surface area contributed by atoms with E-state index in [4.69, 9.17) is 27.6 Å². The van der Waals surface area contributed by atoms with Gasteiger partial charge in [0.05, 0.1) is 10.0 Å². The van der Waals surface area contributed by atoms with Crippen molar-refractivity contribution in [3.8, 4) is 0 Å². The third kappa shape index (κ3) is 2.43. The lowest BCUT2D eigenvalue weighted by molar-refractivity contribution is 0.187. The molecule has 0 aliphatic heterocycles. The van der Waals surface area contributed by atoms with E-state index in [0.29, 0.717) is 26.0 Å². The molecule has 0 amide bonds. The summed E-state index contributed by atoms with van der Waals surface area (Å²) in [6.45, 7) is 0. The van der Waals surface area contributed by atoms with Crippen molar-refractivity contribution < 1.29 is 9.52 Å². The highest BCUT2D eigenvalue weighted by molar-refractivity contribution is 9.10. The fourth-order valence-corrected chi connectivity index (χ4v) is 1.95. The van der Waals surface area contributed by atoms with Gasteiger partial charge in [-0.15, -0.1) is 0 Å². The molecule has 0 saturated heterocycles. The van der Waals surface area contributed by atoms with Crippen molar-refractivity contribution in [2.24, 2.45) is 0 Å². The molecule has 5 heteroatoms. The molecule has 0 spiro atoms. The summed E-state index contributed by atoms with van der Waals surface area (Å²) < 4.78 is 5.83. The van der Waals surface area contributed by atoms with Crippen molar-refractivity contribution in [2.75, 3.05) is 0 Å². The van der Waals surface area contributed by atoms with Crippen molar-refractivity contribution in [1.82, 2.24) is 0 Å². The zero-order valence-corrected chi connectivity index (χ0v) is 11.1. The Hall–Kier alpha value is -0.480. The average Bonchev–Trinajstić information content (AvgIpc) is 2.68. The molecule has 0 saturated carbocycles. The van der Waals surface area contributed by atoms with Crippen LogP contribution in [-0.2, 0) is 0 Å². The monoisotopic (exact) mass is 320 g/mol. The predicted molar refractivity (Wildman–Crippen MR) is 66.9 cm³/mol. The van der Waals surface area contributed by atoms with E-state index in [1.54, 1.807) is 30.3 Å². The van der Waals surface area contributed by atoms with Crippen LogP contribution in [0.25, 0.3) is 0 Å². The van der Waals surface area contributed by atoms with Crippen LogP contribution >= 0.6 is 39.1 Å². The van der Waals surface area contributed by atoms with Crippen molar-refractivity contribution in [1.29, 1.82) is 0 Å².